The van der Waals surface area contributed by atoms with Crippen molar-refractivity contribution < 1.29 is 0 Å². The molecule has 0 unspecified atom stereocenters. The monoisotopic (exact) mass is 593 g/mol. The molecule has 0 N–H and O–H groups in total. The van der Waals surface area contributed by atoms with Crippen molar-refractivity contribution >= 4 is 50.8 Å². The molecule has 0 radical (unpaired) electrons. The second-order valence-electron chi connectivity index (χ2n) is 12.0. The second kappa shape index (κ2) is 12.9. The van der Waals surface area contributed by atoms with Crippen LogP contribution in [0.1, 0.15) is 41.7 Å². The number of hydrogen-bond acceptors (Lipinski definition) is 1. The molecule has 0 aliphatic carbocycles. The summed E-state index contributed by atoms with van der Waals surface area (Å²) in [7, 11) is 0. The van der Waals surface area contributed by atoms with Gasteiger partial charge in [-0.15, -0.1) is 0 Å². The van der Waals surface area contributed by atoms with Crippen LogP contribution in [-0.4, -0.2) is 0 Å². The van der Waals surface area contributed by atoms with Gasteiger partial charge in [0, 0.05) is 16.8 Å². The Kier molecular flexibility index (Phi) is 8.23. The number of para-hydroxylation sites is 2. The molecule has 1 heteroatoms. The minimum Gasteiger partial charge on any atom is -0.310 e. The highest BCUT2D eigenvalue weighted by atomic mass is 15.1. The fourth-order valence-electron chi connectivity index (χ4n) is 6.79. The van der Waals surface area contributed by atoms with Crippen LogP contribution >= 0.6 is 0 Å². The van der Waals surface area contributed by atoms with Gasteiger partial charge in [-0.05, 0) is 99.6 Å². The molecular weight excluding hydrogens is 555 g/mol. The van der Waals surface area contributed by atoms with Gasteiger partial charge >= 0.3 is 0 Å². The van der Waals surface area contributed by atoms with Crippen LogP contribution in [0.2, 0.25) is 0 Å². The lowest BCUT2D eigenvalue weighted by Crippen LogP contribution is -2.11. The standard InChI is InChI=1S/C45H39N/c1-4-34-30-36(29-28-33-26-24-32(3)25-27-33)39-20-12-14-22-41(39)44(34)45-35(5-2)31-43(40-21-13-15-23-42(40)45)46(37-16-8-6-9-17-37)38-18-10-7-11-19-38/h6-31H,4-5H2,1-3H3/b29-28+. The fourth-order valence-corrected chi connectivity index (χ4v) is 6.79. The smallest absolute Gasteiger partial charge is 0.0543 e. The molecule has 0 spiro atoms. The summed E-state index contributed by atoms with van der Waals surface area (Å²) in [6.07, 6.45) is 6.40. The van der Waals surface area contributed by atoms with Gasteiger partial charge in [-0.1, -0.05) is 147 Å². The highest BCUT2D eigenvalue weighted by molar-refractivity contribution is 6.13. The van der Waals surface area contributed by atoms with E-state index in [9.17, 15) is 0 Å². The number of benzene rings is 7. The normalized spacial score (nSPS) is 11.5. The zero-order valence-corrected chi connectivity index (χ0v) is 26.9. The predicted octanol–water partition coefficient (Wildman–Crippen LogP) is 12.7. The van der Waals surface area contributed by atoms with Gasteiger partial charge in [0.1, 0.15) is 0 Å². The molecule has 0 saturated heterocycles. The summed E-state index contributed by atoms with van der Waals surface area (Å²) >= 11 is 0. The third-order valence-corrected chi connectivity index (χ3v) is 9.08. The third-order valence-electron chi connectivity index (χ3n) is 9.08. The molecule has 0 fully saturated rings. The van der Waals surface area contributed by atoms with Crippen molar-refractivity contribution in [2.24, 2.45) is 0 Å². The molecule has 0 bridgehead atoms. The molecule has 7 aromatic carbocycles. The first kappa shape index (κ1) is 29.3. The number of hydrogen-bond donors (Lipinski definition) is 0. The zero-order chi connectivity index (χ0) is 31.5. The summed E-state index contributed by atoms with van der Waals surface area (Å²) in [4.78, 5) is 2.41. The minimum absolute atomic E-state index is 0.928. The Morgan fingerprint density at radius 2 is 0.957 bits per heavy atom. The van der Waals surface area contributed by atoms with E-state index in [1.165, 1.54) is 66.2 Å². The molecule has 0 saturated carbocycles. The lowest BCUT2D eigenvalue weighted by molar-refractivity contribution is 1.12. The van der Waals surface area contributed by atoms with Crippen LogP contribution in [0.5, 0.6) is 0 Å². The second-order valence-corrected chi connectivity index (χ2v) is 12.0. The lowest BCUT2D eigenvalue weighted by atomic mass is 9.83. The summed E-state index contributed by atoms with van der Waals surface area (Å²) in [6, 6.07) is 53.0. The molecule has 0 atom stereocenters. The van der Waals surface area contributed by atoms with E-state index in [1.54, 1.807) is 0 Å². The lowest BCUT2D eigenvalue weighted by Gasteiger charge is -2.29. The number of nitrogens with zero attached hydrogens (tertiary/aromatic N) is 1. The summed E-state index contributed by atoms with van der Waals surface area (Å²) in [6.45, 7) is 6.71. The van der Waals surface area contributed by atoms with E-state index in [2.05, 4.69) is 183 Å². The highest BCUT2D eigenvalue weighted by Crippen LogP contribution is 2.46. The highest BCUT2D eigenvalue weighted by Gasteiger charge is 2.22. The van der Waals surface area contributed by atoms with E-state index in [1.807, 2.05) is 0 Å². The summed E-state index contributed by atoms with van der Waals surface area (Å²) in [5, 5.41) is 5.12. The van der Waals surface area contributed by atoms with E-state index in [0.717, 1.165) is 24.2 Å². The molecule has 7 aromatic rings. The maximum Gasteiger partial charge on any atom is 0.0543 e. The van der Waals surface area contributed by atoms with Crippen LogP contribution in [0.15, 0.2) is 146 Å². The number of anilines is 3. The quantitative estimate of drug-likeness (QED) is 0.158. The largest absolute Gasteiger partial charge is 0.310 e. The van der Waals surface area contributed by atoms with Gasteiger partial charge in [0.2, 0.25) is 0 Å². The van der Waals surface area contributed by atoms with Crippen molar-refractivity contribution in [3.8, 4) is 11.1 Å². The Morgan fingerprint density at radius 1 is 0.478 bits per heavy atom. The maximum atomic E-state index is 2.44. The fraction of sp³-hybridized carbons (Fsp3) is 0.111. The van der Waals surface area contributed by atoms with E-state index in [4.69, 9.17) is 0 Å². The van der Waals surface area contributed by atoms with Crippen LogP contribution in [0.4, 0.5) is 17.1 Å². The molecule has 0 aliphatic heterocycles. The summed E-state index contributed by atoms with van der Waals surface area (Å²) in [5.74, 6) is 0. The summed E-state index contributed by atoms with van der Waals surface area (Å²) < 4.78 is 0. The van der Waals surface area contributed by atoms with Crippen LogP contribution in [0.3, 0.4) is 0 Å². The first-order valence-electron chi connectivity index (χ1n) is 16.4. The van der Waals surface area contributed by atoms with Crippen molar-refractivity contribution in [1.82, 2.24) is 0 Å². The van der Waals surface area contributed by atoms with Crippen LogP contribution in [0.25, 0.3) is 44.8 Å². The van der Waals surface area contributed by atoms with Crippen molar-refractivity contribution in [3.05, 3.63) is 173 Å². The SMILES string of the molecule is CCc1cc(/C=C/c2ccc(C)cc2)c2ccccc2c1-c1c(CC)cc(N(c2ccccc2)c2ccccc2)c2ccccc12. The molecule has 0 aliphatic rings. The number of aryl methyl sites for hydroxylation is 3. The van der Waals surface area contributed by atoms with Crippen molar-refractivity contribution in [3.63, 3.8) is 0 Å². The molecule has 0 amide bonds. The van der Waals surface area contributed by atoms with Crippen LogP contribution in [-0.2, 0) is 12.8 Å². The van der Waals surface area contributed by atoms with E-state index >= 15 is 0 Å². The van der Waals surface area contributed by atoms with Crippen molar-refractivity contribution in [2.45, 2.75) is 33.6 Å². The predicted molar refractivity (Wildman–Crippen MR) is 200 cm³/mol. The first-order valence-corrected chi connectivity index (χ1v) is 16.4. The zero-order valence-electron chi connectivity index (χ0n) is 26.9. The van der Waals surface area contributed by atoms with Crippen molar-refractivity contribution in [1.29, 1.82) is 0 Å². The number of fused-ring (bicyclic) bond motifs is 2. The molecule has 1 nitrogen and oxygen atoms in total. The van der Waals surface area contributed by atoms with Gasteiger partial charge < -0.3 is 4.90 Å². The average molecular weight is 594 g/mol. The Hall–Kier alpha value is -5.40. The number of rotatable bonds is 8. The van der Waals surface area contributed by atoms with Gasteiger partial charge in [-0.2, -0.15) is 0 Å². The molecule has 46 heavy (non-hydrogen) atoms. The van der Waals surface area contributed by atoms with Gasteiger partial charge in [-0.3, -0.25) is 0 Å². The van der Waals surface area contributed by atoms with Crippen LogP contribution < -0.4 is 4.90 Å². The summed E-state index contributed by atoms with van der Waals surface area (Å²) in [5.41, 5.74) is 12.7. The maximum absolute atomic E-state index is 2.44. The average Bonchev–Trinajstić information content (AvgIpc) is 3.12. The van der Waals surface area contributed by atoms with Crippen LogP contribution in [0, 0.1) is 6.92 Å². The minimum atomic E-state index is 0.928. The van der Waals surface area contributed by atoms with Gasteiger partial charge in [0.05, 0.1) is 5.69 Å². The first-order chi connectivity index (χ1) is 22.7. The Labute approximate surface area is 273 Å². The van der Waals surface area contributed by atoms with Gasteiger partial charge in [-0.25, -0.2) is 0 Å². The van der Waals surface area contributed by atoms with E-state index < -0.39 is 0 Å². The third kappa shape index (κ3) is 5.50. The molecule has 0 aromatic heterocycles. The Bertz CT molecular complexity index is 2120. The molecule has 0 heterocycles. The topological polar surface area (TPSA) is 3.24 Å². The molecule has 224 valence electrons. The van der Waals surface area contributed by atoms with Gasteiger partial charge in [0.15, 0.2) is 0 Å². The molecule has 7 rings (SSSR count). The van der Waals surface area contributed by atoms with E-state index in [-0.39, 0.29) is 0 Å². The van der Waals surface area contributed by atoms with E-state index in [0.29, 0.717) is 0 Å². The Morgan fingerprint density at radius 3 is 1.52 bits per heavy atom. The Balaban J connectivity index is 1.49. The van der Waals surface area contributed by atoms with Gasteiger partial charge in [0.25, 0.3) is 0 Å². The molecular formula is C45H39N. The van der Waals surface area contributed by atoms with Crippen molar-refractivity contribution in [2.75, 3.05) is 4.90 Å².